The Morgan fingerprint density at radius 1 is 1.42 bits per heavy atom. The van der Waals surface area contributed by atoms with E-state index in [1.165, 1.54) is 6.33 Å². The molecule has 102 valence electrons. The first-order valence-electron chi connectivity index (χ1n) is 6.30. The fourth-order valence-electron chi connectivity index (χ4n) is 1.76. The van der Waals surface area contributed by atoms with Crippen LogP contribution >= 0.6 is 0 Å². The fraction of sp³-hybridized carbons (Fsp3) is 0.500. The number of aromatic amines is 1. The van der Waals surface area contributed by atoms with Crippen LogP contribution in [0.2, 0.25) is 0 Å². The summed E-state index contributed by atoms with van der Waals surface area (Å²) in [6, 6.07) is 0. The van der Waals surface area contributed by atoms with Crippen LogP contribution < -0.4 is 10.9 Å². The van der Waals surface area contributed by atoms with Crippen molar-refractivity contribution in [3.05, 3.63) is 34.9 Å². The van der Waals surface area contributed by atoms with E-state index in [0.29, 0.717) is 31.2 Å². The Hall–Kier alpha value is -2.18. The Kier molecular flexibility index (Phi) is 4.27. The number of nitrogens with zero attached hydrogens (tertiary/aromatic N) is 4. The number of H-pyrrole nitrogens is 1. The van der Waals surface area contributed by atoms with Crippen LogP contribution in [0, 0.1) is 5.92 Å². The molecule has 0 atom stereocenters. The van der Waals surface area contributed by atoms with Gasteiger partial charge in [0.1, 0.15) is 12.2 Å². The van der Waals surface area contributed by atoms with Crippen molar-refractivity contribution in [1.29, 1.82) is 0 Å². The van der Waals surface area contributed by atoms with Crippen molar-refractivity contribution in [1.82, 2.24) is 24.7 Å². The molecular formula is C12H18N6O. The van der Waals surface area contributed by atoms with E-state index in [1.54, 1.807) is 17.0 Å². The van der Waals surface area contributed by atoms with Gasteiger partial charge >= 0.3 is 0 Å². The van der Waals surface area contributed by atoms with E-state index in [9.17, 15) is 4.79 Å². The SMILES string of the molecule is CC(C)Cn1ccnc(NCCc2ncn[nH]2)c1=O. The van der Waals surface area contributed by atoms with Crippen LogP contribution in [-0.2, 0) is 13.0 Å². The van der Waals surface area contributed by atoms with Crippen LogP contribution in [-0.4, -0.2) is 31.3 Å². The minimum absolute atomic E-state index is 0.0891. The van der Waals surface area contributed by atoms with Gasteiger partial charge in [-0.05, 0) is 5.92 Å². The lowest BCUT2D eigenvalue weighted by molar-refractivity contribution is 0.509. The Bertz CT molecular complexity index is 560. The quantitative estimate of drug-likeness (QED) is 0.799. The zero-order valence-electron chi connectivity index (χ0n) is 11.1. The van der Waals surface area contributed by atoms with Gasteiger partial charge in [-0.25, -0.2) is 9.97 Å². The first kappa shape index (κ1) is 13.3. The zero-order chi connectivity index (χ0) is 13.7. The van der Waals surface area contributed by atoms with Crippen LogP contribution in [0.4, 0.5) is 5.82 Å². The second-order valence-corrected chi connectivity index (χ2v) is 4.74. The maximum absolute atomic E-state index is 12.1. The van der Waals surface area contributed by atoms with E-state index in [0.717, 1.165) is 5.82 Å². The molecule has 2 aromatic rings. The highest BCUT2D eigenvalue weighted by Crippen LogP contribution is 1.99. The Morgan fingerprint density at radius 2 is 2.26 bits per heavy atom. The number of hydrogen-bond acceptors (Lipinski definition) is 5. The predicted molar refractivity (Wildman–Crippen MR) is 71.9 cm³/mol. The molecule has 0 radical (unpaired) electrons. The summed E-state index contributed by atoms with van der Waals surface area (Å²) >= 11 is 0. The first-order chi connectivity index (χ1) is 9.16. The molecule has 0 aliphatic rings. The molecule has 19 heavy (non-hydrogen) atoms. The minimum Gasteiger partial charge on any atom is -0.365 e. The molecule has 7 nitrogen and oxygen atoms in total. The molecule has 0 amide bonds. The molecule has 0 saturated heterocycles. The van der Waals surface area contributed by atoms with Gasteiger partial charge < -0.3 is 9.88 Å². The van der Waals surface area contributed by atoms with Gasteiger partial charge in [-0.1, -0.05) is 13.8 Å². The third-order valence-corrected chi connectivity index (χ3v) is 2.59. The fourth-order valence-corrected chi connectivity index (χ4v) is 1.76. The third-order valence-electron chi connectivity index (χ3n) is 2.59. The van der Waals surface area contributed by atoms with E-state index in [1.807, 2.05) is 0 Å². The van der Waals surface area contributed by atoms with Crippen molar-refractivity contribution in [2.45, 2.75) is 26.8 Å². The average molecular weight is 262 g/mol. The lowest BCUT2D eigenvalue weighted by atomic mass is 10.2. The van der Waals surface area contributed by atoms with Crippen LogP contribution in [0.15, 0.2) is 23.5 Å². The largest absolute Gasteiger partial charge is 0.365 e. The molecule has 0 fully saturated rings. The molecule has 0 unspecified atom stereocenters. The standard InChI is InChI=1S/C12H18N6O/c1-9(2)7-18-6-5-14-11(12(18)19)13-4-3-10-15-8-16-17-10/h5-6,8-9H,3-4,7H2,1-2H3,(H,13,14)(H,15,16,17). The van der Waals surface area contributed by atoms with Crippen LogP contribution in [0.25, 0.3) is 0 Å². The van der Waals surface area contributed by atoms with Gasteiger partial charge in [0.05, 0.1) is 0 Å². The molecule has 0 aliphatic heterocycles. The average Bonchev–Trinajstić information content (AvgIpc) is 2.86. The molecule has 0 bridgehead atoms. The Morgan fingerprint density at radius 3 is 2.95 bits per heavy atom. The smallest absolute Gasteiger partial charge is 0.293 e. The first-order valence-corrected chi connectivity index (χ1v) is 6.30. The molecular weight excluding hydrogens is 244 g/mol. The normalized spacial score (nSPS) is 10.9. The maximum atomic E-state index is 12.1. The van der Waals surface area contributed by atoms with Gasteiger partial charge in [0.2, 0.25) is 0 Å². The van der Waals surface area contributed by atoms with Crippen LogP contribution in [0.3, 0.4) is 0 Å². The number of anilines is 1. The summed E-state index contributed by atoms with van der Waals surface area (Å²) in [7, 11) is 0. The van der Waals surface area contributed by atoms with Crippen LogP contribution in [0.5, 0.6) is 0 Å². The van der Waals surface area contributed by atoms with Gasteiger partial charge in [0, 0.05) is 31.9 Å². The van der Waals surface area contributed by atoms with E-state index >= 15 is 0 Å². The minimum atomic E-state index is -0.0891. The molecule has 2 rings (SSSR count). The summed E-state index contributed by atoms with van der Waals surface area (Å²) in [5.74, 6) is 1.58. The highest BCUT2D eigenvalue weighted by molar-refractivity contribution is 5.30. The van der Waals surface area contributed by atoms with Crippen molar-refractivity contribution in [2.24, 2.45) is 5.92 Å². The number of nitrogens with one attached hydrogen (secondary N) is 2. The summed E-state index contributed by atoms with van der Waals surface area (Å²) in [6.45, 7) is 5.43. The van der Waals surface area contributed by atoms with Gasteiger partial charge in [-0.15, -0.1) is 0 Å². The van der Waals surface area contributed by atoms with E-state index in [2.05, 4.69) is 39.3 Å². The van der Waals surface area contributed by atoms with E-state index in [4.69, 9.17) is 0 Å². The van der Waals surface area contributed by atoms with Crippen molar-refractivity contribution < 1.29 is 0 Å². The van der Waals surface area contributed by atoms with Crippen molar-refractivity contribution in [3.63, 3.8) is 0 Å². The lowest BCUT2D eigenvalue weighted by Crippen LogP contribution is -2.26. The number of hydrogen-bond donors (Lipinski definition) is 2. The summed E-state index contributed by atoms with van der Waals surface area (Å²) < 4.78 is 1.68. The maximum Gasteiger partial charge on any atom is 0.293 e. The third kappa shape index (κ3) is 3.64. The van der Waals surface area contributed by atoms with Crippen molar-refractivity contribution in [3.8, 4) is 0 Å². The summed E-state index contributed by atoms with van der Waals surface area (Å²) in [5.41, 5.74) is -0.0891. The second kappa shape index (κ2) is 6.12. The number of aromatic nitrogens is 5. The summed E-state index contributed by atoms with van der Waals surface area (Å²) in [4.78, 5) is 20.2. The second-order valence-electron chi connectivity index (χ2n) is 4.74. The molecule has 2 aromatic heterocycles. The van der Waals surface area contributed by atoms with Gasteiger partial charge in [0.15, 0.2) is 5.82 Å². The molecule has 7 heteroatoms. The molecule has 0 saturated carbocycles. The molecule has 2 N–H and O–H groups in total. The topological polar surface area (TPSA) is 88.5 Å². The Balaban J connectivity index is 1.98. The predicted octanol–water partition coefficient (Wildman–Crippen LogP) is 0.672. The highest BCUT2D eigenvalue weighted by Gasteiger charge is 2.06. The van der Waals surface area contributed by atoms with E-state index in [-0.39, 0.29) is 5.56 Å². The zero-order valence-corrected chi connectivity index (χ0v) is 11.1. The van der Waals surface area contributed by atoms with Crippen molar-refractivity contribution >= 4 is 5.82 Å². The highest BCUT2D eigenvalue weighted by atomic mass is 16.1. The monoisotopic (exact) mass is 262 g/mol. The Labute approximate surface area is 111 Å². The molecule has 2 heterocycles. The summed E-state index contributed by atoms with van der Waals surface area (Å²) in [5, 5.41) is 9.57. The molecule has 0 aliphatic carbocycles. The number of rotatable bonds is 6. The molecule has 0 aromatic carbocycles. The molecule has 0 spiro atoms. The van der Waals surface area contributed by atoms with Crippen LogP contribution in [0.1, 0.15) is 19.7 Å². The van der Waals surface area contributed by atoms with Crippen molar-refractivity contribution in [2.75, 3.05) is 11.9 Å². The van der Waals surface area contributed by atoms with Gasteiger partial charge in [-0.2, -0.15) is 5.10 Å². The van der Waals surface area contributed by atoms with E-state index < -0.39 is 0 Å². The summed E-state index contributed by atoms with van der Waals surface area (Å²) in [6.07, 6.45) is 5.48. The lowest BCUT2D eigenvalue weighted by Gasteiger charge is -2.10. The van der Waals surface area contributed by atoms with Gasteiger partial charge in [0.25, 0.3) is 5.56 Å². The van der Waals surface area contributed by atoms with Gasteiger partial charge in [-0.3, -0.25) is 9.89 Å².